The second-order valence-corrected chi connectivity index (χ2v) is 4.24. The fourth-order valence-corrected chi connectivity index (χ4v) is 2.52. The summed E-state index contributed by atoms with van der Waals surface area (Å²) >= 11 is 1.88. The van der Waals surface area contributed by atoms with Crippen molar-refractivity contribution >= 4 is 11.3 Å². The molecule has 11 heavy (non-hydrogen) atoms. The van der Waals surface area contributed by atoms with Crippen LogP contribution in [0.15, 0.2) is 17.5 Å². The molecule has 0 saturated carbocycles. The molecule has 2 rings (SSSR count). The molecule has 0 radical (unpaired) electrons. The molecule has 1 fully saturated rings. The molecular weight excluding hydrogens is 154 g/mol. The molecule has 1 aromatic heterocycles. The summed E-state index contributed by atoms with van der Waals surface area (Å²) in [6, 6.07) is 5.10. The minimum Gasteiger partial charge on any atom is -0.314 e. The van der Waals surface area contributed by atoms with Gasteiger partial charge in [-0.15, -0.1) is 11.3 Å². The van der Waals surface area contributed by atoms with E-state index in [0.717, 1.165) is 5.92 Å². The van der Waals surface area contributed by atoms with Crippen LogP contribution >= 0.6 is 11.3 Å². The van der Waals surface area contributed by atoms with Gasteiger partial charge >= 0.3 is 0 Å². The SMILES string of the molecule is C[C@@H]1C[C@H](c2cccs2)CN1. The summed E-state index contributed by atoms with van der Waals surface area (Å²) in [5.74, 6) is 0.782. The zero-order valence-electron chi connectivity index (χ0n) is 6.71. The van der Waals surface area contributed by atoms with E-state index in [0.29, 0.717) is 6.04 Å². The largest absolute Gasteiger partial charge is 0.314 e. The van der Waals surface area contributed by atoms with E-state index < -0.39 is 0 Å². The van der Waals surface area contributed by atoms with Crippen LogP contribution in [0.25, 0.3) is 0 Å². The van der Waals surface area contributed by atoms with Crippen molar-refractivity contribution in [2.75, 3.05) is 6.54 Å². The Labute approximate surface area is 71.4 Å². The maximum Gasteiger partial charge on any atom is 0.00894 e. The first-order valence-corrected chi connectivity index (χ1v) is 5.01. The summed E-state index contributed by atoms with van der Waals surface area (Å²) in [7, 11) is 0. The van der Waals surface area contributed by atoms with Crippen LogP contribution in [0, 0.1) is 0 Å². The van der Waals surface area contributed by atoms with Gasteiger partial charge in [0.05, 0.1) is 0 Å². The number of thiophene rings is 1. The van der Waals surface area contributed by atoms with Crippen LogP contribution < -0.4 is 5.32 Å². The van der Waals surface area contributed by atoms with Gasteiger partial charge in [-0.3, -0.25) is 0 Å². The van der Waals surface area contributed by atoms with Gasteiger partial charge in [-0.25, -0.2) is 0 Å². The maximum atomic E-state index is 3.46. The van der Waals surface area contributed by atoms with Crippen LogP contribution in [0.2, 0.25) is 0 Å². The first kappa shape index (κ1) is 7.32. The molecule has 0 aliphatic carbocycles. The molecule has 1 aromatic rings. The number of hydrogen-bond donors (Lipinski definition) is 1. The van der Waals surface area contributed by atoms with Crippen molar-refractivity contribution in [3.63, 3.8) is 0 Å². The molecule has 60 valence electrons. The van der Waals surface area contributed by atoms with E-state index in [4.69, 9.17) is 0 Å². The Morgan fingerprint density at radius 1 is 1.64 bits per heavy atom. The Hall–Kier alpha value is -0.340. The van der Waals surface area contributed by atoms with Gasteiger partial charge in [0.2, 0.25) is 0 Å². The quantitative estimate of drug-likeness (QED) is 0.676. The van der Waals surface area contributed by atoms with Crippen molar-refractivity contribution in [3.05, 3.63) is 22.4 Å². The monoisotopic (exact) mass is 167 g/mol. The Kier molecular flexibility index (Phi) is 1.96. The molecule has 0 bridgehead atoms. The Bertz CT molecular complexity index is 217. The highest BCUT2D eigenvalue weighted by Crippen LogP contribution is 2.28. The van der Waals surface area contributed by atoms with Crippen molar-refractivity contribution in [3.8, 4) is 0 Å². The molecule has 1 saturated heterocycles. The average Bonchev–Trinajstić information content (AvgIpc) is 2.55. The average molecular weight is 167 g/mol. The molecule has 1 nitrogen and oxygen atoms in total. The number of hydrogen-bond acceptors (Lipinski definition) is 2. The summed E-state index contributed by atoms with van der Waals surface area (Å²) in [6.45, 7) is 3.43. The summed E-state index contributed by atoms with van der Waals surface area (Å²) in [6.07, 6.45) is 1.31. The second kappa shape index (κ2) is 2.95. The molecule has 0 unspecified atom stereocenters. The van der Waals surface area contributed by atoms with Gasteiger partial charge in [-0.1, -0.05) is 6.07 Å². The third kappa shape index (κ3) is 1.47. The van der Waals surface area contributed by atoms with Crippen molar-refractivity contribution in [2.45, 2.75) is 25.3 Å². The van der Waals surface area contributed by atoms with Gasteiger partial charge in [-0.2, -0.15) is 0 Å². The smallest absolute Gasteiger partial charge is 0.00894 e. The van der Waals surface area contributed by atoms with Gasteiger partial charge in [0.15, 0.2) is 0 Å². The van der Waals surface area contributed by atoms with E-state index in [9.17, 15) is 0 Å². The summed E-state index contributed by atoms with van der Waals surface area (Å²) < 4.78 is 0. The molecule has 2 atom stereocenters. The van der Waals surface area contributed by atoms with Gasteiger partial charge in [-0.05, 0) is 24.8 Å². The summed E-state index contributed by atoms with van der Waals surface area (Å²) in [5, 5.41) is 5.63. The maximum absolute atomic E-state index is 3.46. The lowest BCUT2D eigenvalue weighted by molar-refractivity contribution is 0.659. The fourth-order valence-electron chi connectivity index (χ4n) is 1.68. The fraction of sp³-hybridized carbons (Fsp3) is 0.556. The normalized spacial score (nSPS) is 31.0. The van der Waals surface area contributed by atoms with Gasteiger partial charge in [0.25, 0.3) is 0 Å². The minimum atomic E-state index is 0.710. The summed E-state index contributed by atoms with van der Waals surface area (Å²) in [4.78, 5) is 1.54. The van der Waals surface area contributed by atoms with E-state index in [1.807, 2.05) is 11.3 Å². The molecule has 2 heteroatoms. The third-order valence-corrected chi connectivity index (χ3v) is 3.33. The highest BCUT2D eigenvalue weighted by atomic mass is 32.1. The Morgan fingerprint density at radius 2 is 2.55 bits per heavy atom. The highest BCUT2D eigenvalue weighted by molar-refractivity contribution is 7.10. The molecule has 1 N–H and O–H groups in total. The van der Waals surface area contributed by atoms with Crippen molar-refractivity contribution in [2.24, 2.45) is 0 Å². The van der Waals surface area contributed by atoms with Crippen LogP contribution in [-0.4, -0.2) is 12.6 Å². The second-order valence-electron chi connectivity index (χ2n) is 3.26. The van der Waals surface area contributed by atoms with Crippen molar-refractivity contribution < 1.29 is 0 Å². The van der Waals surface area contributed by atoms with Crippen LogP contribution in [0.1, 0.15) is 24.1 Å². The lowest BCUT2D eigenvalue weighted by atomic mass is 10.1. The zero-order valence-corrected chi connectivity index (χ0v) is 7.53. The van der Waals surface area contributed by atoms with E-state index in [1.54, 1.807) is 4.88 Å². The minimum absolute atomic E-state index is 0.710. The van der Waals surface area contributed by atoms with Crippen molar-refractivity contribution in [1.82, 2.24) is 5.32 Å². The Balaban J connectivity index is 2.08. The molecule has 0 spiro atoms. The van der Waals surface area contributed by atoms with Crippen LogP contribution in [0.5, 0.6) is 0 Å². The Morgan fingerprint density at radius 3 is 3.09 bits per heavy atom. The molecule has 0 aromatic carbocycles. The van der Waals surface area contributed by atoms with Gasteiger partial charge in [0.1, 0.15) is 0 Å². The topological polar surface area (TPSA) is 12.0 Å². The van der Waals surface area contributed by atoms with E-state index in [2.05, 4.69) is 29.8 Å². The van der Waals surface area contributed by atoms with Crippen LogP contribution in [-0.2, 0) is 0 Å². The standard InChI is InChI=1S/C9H13NS/c1-7-5-8(6-10-7)9-3-2-4-11-9/h2-4,7-8,10H,5-6H2,1H3/t7-,8+/m1/s1. The third-order valence-electron chi connectivity index (χ3n) is 2.30. The predicted molar refractivity (Wildman–Crippen MR) is 49.1 cm³/mol. The van der Waals surface area contributed by atoms with E-state index >= 15 is 0 Å². The van der Waals surface area contributed by atoms with Crippen LogP contribution in [0.4, 0.5) is 0 Å². The van der Waals surface area contributed by atoms with Crippen LogP contribution in [0.3, 0.4) is 0 Å². The summed E-state index contributed by atoms with van der Waals surface area (Å²) in [5.41, 5.74) is 0. The van der Waals surface area contributed by atoms with E-state index in [-0.39, 0.29) is 0 Å². The zero-order chi connectivity index (χ0) is 7.68. The van der Waals surface area contributed by atoms with Crippen molar-refractivity contribution in [1.29, 1.82) is 0 Å². The lowest BCUT2D eigenvalue weighted by Gasteiger charge is -2.03. The highest BCUT2D eigenvalue weighted by Gasteiger charge is 2.22. The predicted octanol–water partition coefficient (Wildman–Crippen LogP) is 2.21. The number of nitrogens with one attached hydrogen (secondary N) is 1. The van der Waals surface area contributed by atoms with Gasteiger partial charge < -0.3 is 5.32 Å². The molecule has 0 amide bonds. The first-order valence-electron chi connectivity index (χ1n) is 4.13. The molecular formula is C9H13NS. The first-order chi connectivity index (χ1) is 5.36. The molecule has 1 aliphatic rings. The van der Waals surface area contributed by atoms with Gasteiger partial charge in [0, 0.05) is 23.4 Å². The molecule has 2 heterocycles. The number of rotatable bonds is 1. The van der Waals surface area contributed by atoms with E-state index in [1.165, 1.54) is 13.0 Å². The molecule has 1 aliphatic heterocycles. The lowest BCUT2D eigenvalue weighted by Crippen LogP contribution is -2.16.